The van der Waals surface area contributed by atoms with Gasteiger partial charge in [0.15, 0.2) is 0 Å². The number of rotatable bonds is 11. The van der Waals surface area contributed by atoms with Crippen LogP contribution < -0.4 is 21.7 Å². The number of benzene rings is 1. The van der Waals surface area contributed by atoms with Crippen LogP contribution in [0.1, 0.15) is 93.5 Å². The van der Waals surface area contributed by atoms with Crippen LogP contribution in [0, 0.1) is 17.8 Å². The third-order valence-corrected chi connectivity index (χ3v) is 8.53. The van der Waals surface area contributed by atoms with Crippen LogP contribution in [0.4, 0.5) is 5.69 Å². The third-order valence-electron chi connectivity index (χ3n) is 8.53. The zero-order chi connectivity index (χ0) is 28.8. The van der Waals surface area contributed by atoms with E-state index in [1.807, 2.05) is 32.0 Å². The van der Waals surface area contributed by atoms with E-state index in [0.717, 1.165) is 43.2 Å². The molecule has 2 aromatic rings. The van der Waals surface area contributed by atoms with Crippen LogP contribution in [0.3, 0.4) is 0 Å². The molecule has 3 aliphatic rings. The largest absolute Gasteiger partial charge is 0.388 e. The second-order valence-electron chi connectivity index (χ2n) is 12.6. The summed E-state index contributed by atoms with van der Waals surface area (Å²) in [5.74, 6) is 0.150. The first-order valence-corrected chi connectivity index (χ1v) is 14.5. The summed E-state index contributed by atoms with van der Waals surface area (Å²) in [6, 6.07) is 5.56. The number of amides is 3. The topological polar surface area (TPSA) is 151 Å². The van der Waals surface area contributed by atoms with Crippen LogP contribution in [0.2, 0.25) is 0 Å². The van der Waals surface area contributed by atoms with Crippen molar-refractivity contribution in [3.05, 3.63) is 47.3 Å². The third kappa shape index (κ3) is 6.07. The Bertz CT molecular complexity index is 1260. The molecular formula is C30H42N6O4. The second-order valence-corrected chi connectivity index (χ2v) is 12.6. The molecule has 2 saturated carbocycles. The van der Waals surface area contributed by atoms with Crippen LogP contribution in [0.5, 0.6) is 0 Å². The van der Waals surface area contributed by atoms with Gasteiger partial charge >= 0.3 is 0 Å². The highest BCUT2D eigenvalue weighted by Crippen LogP contribution is 2.51. The molecule has 2 fully saturated rings. The zero-order valence-electron chi connectivity index (χ0n) is 23.8. The number of hydrogen-bond donors (Lipinski definition) is 5. The molecule has 10 heteroatoms. The number of anilines is 1. The van der Waals surface area contributed by atoms with E-state index in [1.54, 1.807) is 16.9 Å². The SMILES string of the molecule is CC(C)n1nccc1C(=O)N[C@H](C(=O)Nc1ccc2c(c1)CC[C@H]2NC(=O)[C@H](N)C(C)(C)O)C(C1CC1)C1CC1. The molecule has 0 unspecified atom stereocenters. The van der Waals surface area contributed by atoms with Crippen LogP contribution in [-0.4, -0.2) is 50.3 Å². The van der Waals surface area contributed by atoms with Crippen LogP contribution in [0.25, 0.3) is 0 Å². The number of carbonyl (C=O) groups is 3. The standard InChI is InChI=1S/C30H42N6O4/c1-16(2)36-23(13-14-32-36)27(37)35-25(24(17-5-6-17)18-7-8-18)28(38)33-20-10-11-21-19(15-20)9-12-22(21)34-29(39)26(31)30(3,4)40/h10-11,13-18,22,24-26,40H,5-9,12,31H2,1-4H3,(H,33,38)(H,34,39)(H,35,37)/t22-,25+,26+/m1/s1. The molecule has 0 spiro atoms. The number of aliphatic hydroxyl groups is 1. The average Bonchev–Trinajstić information content (AvgIpc) is 3.82. The normalized spacial score (nSPS) is 20.2. The lowest BCUT2D eigenvalue weighted by Gasteiger charge is -2.28. The van der Waals surface area contributed by atoms with Crippen molar-refractivity contribution < 1.29 is 19.5 Å². The van der Waals surface area contributed by atoms with Crippen LogP contribution >= 0.6 is 0 Å². The summed E-state index contributed by atoms with van der Waals surface area (Å²) in [5.41, 5.74) is 7.74. The van der Waals surface area contributed by atoms with Crippen molar-refractivity contribution in [3.63, 3.8) is 0 Å². The summed E-state index contributed by atoms with van der Waals surface area (Å²) in [7, 11) is 0. The van der Waals surface area contributed by atoms with E-state index in [9.17, 15) is 19.5 Å². The first-order valence-electron chi connectivity index (χ1n) is 14.5. The number of aromatic nitrogens is 2. The van der Waals surface area contributed by atoms with Crippen LogP contribution in [0.15, 0.2) is 30.5 Å². The number of nitrogens with two attached hydrogens (primary N) is 1. The summed E-state index contributed by atoms with van der Waals surface area (Å²) in [4.78, 5) is 39.7. The predicted molar refractivity (Wildman–Crippen MR) is 151 cm³/mol. The minimum absolute atomic E-state index is 0.0246. The van der Waals surface area contributed by atoms with E-state index in [1.165, 1.54) is 13.8 Å². The van der Waals surface area contributed by atoms with E-state index in [0.29, 0.717) is 29.6 Å². The maximum atomic E-state index is 13.8. The lowest BCUT2D eigenvalue weighted by atomic mass is 9.88. The Labute approximate surface area is 235 Å². The minimum atomic E-state index is -1.32. The zero-order valence-corrected chi connectivity index (χ0v) is 23.8. The molecule has 10 nitrogen and oxygen atoms in total. The average molecular weight is 551 g/mol. The molecule has 0 aliphatic heterocycles. The minimum Gasteiger partial charge on any atom is -0.388 e. The molecule has 40 heavy (non-hydrogen) atoms. The van der Waals surface area contributed by atoms with Gasteiger partial charge in [0.25, 0.3) is 5.91 Å². The van der Waals surface area contributed by atoms with Crippen molar-refractivity contribution in [1.82, 2.24) is 20.4 Å². The molecular weight excluding hydrogens is 508 g/mol. The van der Waals surface area contributed by atoms with Crippen molar-refractivity contribution in [2.75, 3.05) is 5.32 Å². The van der Waals surface area contributed by atoms with Gasteiger partial charge in [-0.1, -0.05) is 6.07 Å². The Kier molecular flexibility index (Phi) is 7.76. The smallest absolute Gasteiger partial charge is 0.270 e. The van der Waals surface area contributed by atoms with E-state index >= 15 is 0 Å². The van der Waals surface area contributed by atoms with Crippen molar-refractivity contribution in [2.45, 2.75) is 96.0 Å². The summed E-state index contributed by atoms with van der Waals surface area (Å²) >= 11 is 0. The Hall–Kier alpha value is -3.24. The van der Waals surface area contributed by atoms with Gasteiger partial charge < -0.3 is 26.8 Å². The van der Waals surface area contributed by atoms with Crippen LogP contribution in [-0.2, 0) is 16.0 Å². The number of aryl methyl sites for hydroxylation is 1. The fourth-order valence-corrected chi connectivity index (χ4v) is 6.00. The molecule has 3 atom stereocenters. The second kappa shape index (κ2) is 11.0. The fraction of sp³-hybridized carbons (Fsp3) is 0.600. The van der Waals surface area contributed by atoms with Gasteiger partial charge in [0, 0.05) is 17.9 Å². The van der Waals surface area contributed by atoms with Gasteiger partial charge in [-0.3, -0.25) is 19.1 Å². The summed E-state index contributed by atoms with van der Waals surface area (Å²) < 4.78 is 1.68. The number of fused-ring (bicyclic) bond motifs is 1. The predicted octanol–water partition coefficient (Wildman–Crippen LogP) is 2.84. The van der Waals surface area contributed by atoms with Gasteiger partial charge in [0.1, 0.15) is 17.8 Å². The molecule has 1 heterocycles. The Morgan fingerprint density at radius 1 is 1.05 bits per heavy atom. The summed E-state index contributed by atoms with van der Waals surface area (Å²) in [5, 5.41) is 23.5. The highest BCUT2D eigenvalue weighted by Gasteiger charge is 2.48. The molecule has 216 valence electrons. The van der Waals surface area contributed by atoms with Gasteiger partial charge in [-0.2, -0.15) is 5.10 Å². The van der Waals surface area contributed by atoms with Crippen molar-refractivity contribution in [3.8, 4) is 0 Å². The van der Waals surface area contributed by atoms with Gasteiger partial charge in [-0.25, -0.2) is 0 Å². The maximum Gasteiger partial charge on any atom is 0.270 e. The summed E-state index contributed by atoms with van der Waals surface area (Å²) in [6.07, 6.45) is 7.43. The highest BCUT2D eigenvalue weighted by molar-refractivity contribution is 6.01. The Balaban J connectivity index is 1.31. The number of nitrogens with zero attached hydrogens (tertiary/aromatic N) is 2. The highest BCUT2D eigenvalue weighted by atomic mass is 16.3. The molecule has 0 saturated heterocycles. The molecule has 0 bridgehead atoms. The number of carbonyl (C=O) groups excluding carboxylic acids is 3. The lowest BCUT2D eigenvalue weighted by molar-refractivity contribution is -0.128. The van der Waals surface area contributed by atoms with E-state index in [-0.39, 0.29) is 29.8 Å². The van der Waals surface area contributed by atoms with E-state index in [2.05, 4.69) is 21.0 Å². The fourth-order valence-electron chi connectivity index (χ4n) is 6.00. The Morgan fingerprint density at radius 2 is 1.73 bits per heavy atom. The summed E-state index contributed by atoms with van der Waals surface area (Å²) in [6.45, 7) is 6.97. The molecule has 0 radical (unpaired) electrons. The van der Waals surface area contributed by atoms with Gasteiger partial charge in [0.2, 0.25) is 11.8 Å². The van der Waals surface area contributed by atoms with Crippen molar-refractivity contribution in [2.24, 2.45) is 23.5 Å². The van der Waals surface area contributed by atoms with Gasteiger partial charge in [-0.05, 0) is 113 Å². The van der Waals surface area contributed by atoms with Gasteiger partial charge in [0.05, 0.1) is 11.6 Å². The quantitative estimate of drug-likeness (QED) is 0.290. The molecule has 5 rings (SSSR count). The van der Waals surface area contributed by atoms with Crippen molar-refractivity contribution >= 4 is 23.4 Å². The first kappa shape index (κ1) is 28.3. The lowest BCUT2D eigenvalue weighted by Crippen LogP contribution is -2.54. The molecule has 6 N–H and O–H groups in total. The monoisotopic (exact) mass is 550 g/mol. The van der Waals surface area contributed by atoms with E-state index in [4.69, 9.17) is 5.73 Å². The van der Waals surface area contributed by atoms with Crippen molar-refractivity contribution in [1.29, 1.82) is 0 Å². The molecule has 1 aromatic carbocycles. The van der Waals surface area contributed by atoms with E-state index < -0.39 is 23.6 Å². The molecule has 1 aromatic heterocycles. The maximum absolute atomic E-state index is 13.8. The number of nitrogens with one attached hydrogen (secondary N) is 3. The van der Waals surface area contributed by atoms with Gasteiger partial charge in [-0.15, -0.1) is 0 Å². The molecule has 3 amide bonds. The molecule has 3 aliphatic carbocycles. The first-order chi connectivity index (χ1) is 18.9. The number of hydrogen-bond acceptors (Lipinski definition) is 6. The Morgan fingerprint density at radius 3 is 2.33 bits per heavy atom.